The summed E-state index contributed by atoms with van der Waals surface area (Å²) in [6.07, 6.45) is -2.20. The van der Waals surface area contributed by atoms with Gasteiger partial charge in [0.15, 0.2) is 0 Å². The summed E-state index contributed by atoms with van der Waals surface area (Å²) >= 11 is 5.85. The fourth-order valence-electron chi connectivity index (χ4n) is 3.18. The Hall–Kier alpha value is -3.33. The van der Waals surface area contributed by atoms with E-state index in [1.807, 2.05) is 6.92 Å². The summed E-state index contributed by atoms with van der Waals surface area (Å²) in [5.74, 6) is -0.749. The zero-order valence-electron chi connectivity index (χ0n) is 17.7. The van der Waals surface area contributed by atoms with Crippen LogP contribution >= 0.6 is 11.6 Å². The number of amides is 1. The van der Waals surface area contributed by atoms with Gasteiger partial charge in [-0.2, -0.15) is 13.2 Å². The van der Waals surface area contributed by atoms with Gasteiger partial charge in [0, 0.05) is 24.3 Å². The van der Waals surface area contributed by atoms with Crippen LogP contribution in [0, 0.1) is 0 Å². The summed E-state index contributed by atoms with van der Waals surface area (Å²) in [7, 11) is 0. The maximum absolute atomic E-state index is 13.2. The van der Waals surface area contributed by atoms with E-state index in [0.29, 0.717) is 22.1 Å². The lowest BCUT2D eigenvalue weighted by atomic mass is 10.2. The maximum Gasteiger partial charge on any atom is 0.416 e. The summed E-state index contributed by atoms with van der Waals surface area (Å²) < 4.78 is 41.3. The van der Waals surface area contributed by atoms with Crippen LogP contribution in [0.25, 0.3) is 5.69 Å². The molecule has 0 saturated carbocycles. The monoisotopic (exact) mass is 479 g/mol. The topological polar surface area (TPSA) is 73.1 Å². The molecule has 0 bridgehead atoms. The highest BCUT2D eigenvalue weighted by Crippen LogP contribution is 2.29. The zero-order valence-corrected chi connectivity index (χ0v) is 18.4. The van der Waals surface area contributed by atoms with E-state index < -0.39 is 28.9 Å². The van der Waals surface area contributed by atoms with Crippen LogP contribution in [0.3, 0.4) is 0 Å². The molecule has 0 unspecified atom stereocenters. The van der Waals surface area contributed by atoms with E-state index in [0.717, 1.165) is 30.3 Å². The Morgan fingerprint density at radius 2 is 1.79 bits per heavy atom. The molecule has 3 aromatic rings. The molecule has 1 heterocycles. The van der Waals surface area contributed by atoms with Crippen LogP contribution in [-0.4, -0.2) is 15.0 Å². The number of carbonyl (C=O) groups excluding carboxylic acids is 1. The molecule has 1 aromatic heterocycles. The number of rotatable bonds is 7. The molecule has 33 heavy (non-hydrogen) atoms. The van der Waals surface area contributed by atoms with E-state index in [2.05, 4.69) is 5.32 Å². The molecule has 2 aromatic carbocycles. The van der Waals surface area contributed by atoms with Crippen LogP contribution in [0.15, 0.2) is 64.3 Å². The van der Waals surface area contributed by atoms with Crippen LogP contribution < -0.4 is 16.6 Å². The number of hydrogen-bond donors (Lipinski definition) is 1. The summed E-state index contributed by atoms with van der Waals surface area (Å²) in [5.41, 5.74) is -2.72. The van der Waals surface area contributed by atoms with Crippen molar-refractivity contribution in [3.63, 3.8) is 0 Å². The highest BCUT2D eigenvalue weighted by atomic mass is 35.5. The summed E-state index contributed by atoms with van der Waals surface area (Å²) in [4.78, 5) is 38.8. The van der Waals surface area contributed by atoms with Crippen molar-refractivity contribution >= 4 is 17.5 Å². The summed E-state index contributed by atoms with van der Waals surface area (Å²) in [5, 5.41) is 3.13. The Morgan fingerprint density at radius 1 is 1.09 bits per heavy atom. The Labute approximate surface area is 192 Å². The minimum Gasteiger partial charge on any atom is -0.348 e. The molecule has 1 amide bonds. The van der Waals surface area contributed by atoms with Gasteiger partial charge in [0.05, 0.1) is 11.3 Å². The van der Waals surface area contributed by atoms with Gasteiger partial charge in [-0.05, 0) is 42.3 Å². The molecule has 0 aliphatic carbocycles. The van der Waals surface area contributed by atoms with Gasteiger partial charge in [-0.15, -0.1) is 0 Å². The zero-order chi connectivity index (χ0) is 24.2. The largest absolute Gasteiger partial charge is 0.416 e. The number of nitrogens with one attached hydrogen (secondary N) is 1. The molecule has 0 fully saturated rings. The van der Waals surface area contributed by atoms with Crippen molar-refractivity contribution in [1.82, 2.24) is 14.5 Å². The quantitative estimate of drug-likeness (QED) is 0.546. The molecule has 1 N–H and O–H groups in total. The second kappa shape index (κ2) is 10.1. The van der Waals surface area contributed by atoms with Crippen LogP contribution in [0.5, 0.6) is 0 Å². The third-order valence-electron chi connectivity index (χ3n) is 4.95. The Morgan fingerprint density at radius 3 is 2.42 bits per heavy atom. The van der Waals surface area contributed by atoms with Crippen molar-refractivity contribution in [3.05, 3.63) is 97.3 Å². The van der Waals surface area contributed by atoms with Crippen molar-refractivity contribution in [2.45, 2.75) is 39.0 Å². The second-order valence-corrected chi connectivity index (χ2v) is 7.81. The molecule has 0 atom stereocenters. The number of aromatic nitrogens is 2. The van der Waals surface area contributed by atoms with Gasteiger partial charge in [0.25, 0.3) is 11.5 Å². The lowest BCUT2D eigenvalue weighted by molar-refractivity contribution is -0.137. The van der Waals surface area contributed by atoms with Crippen molar-refractivity contribution in [2.75, 3.05) is 0 Å². The first-order valence-corrected chi connectivity index (χ1v) is 10.6. The van der Waals surface area contributed by atoms with Gasteiger partial charge in [-0.3, -0.25) is 14.2 Å². The van der Waals surface area contributed by atoms with Gasteiger partial charge >= 0.3 is 11.9 Å². The molecule has 0 spiro atoms. The summed E-state index contributed by atoms with van der Waals surface area (Å²) in [6, 6.07) is 10.6. The van der Waals surface area contributed by atoms with E-state index in [4.69, 9.17) is 11.6 Å². The number of unbranched alkanes of at least 4 members (excludes halogenated alkanes) is 1. The van der Waals surface area contributed by atoms with Crippen LogP contribution in [0.2, 0.25) is 5.02 Å². The number of halogens is 4. The van der Waals surface area contributed by atoms with Gasteiger partial charge in [-0.1, -0.05) is 43.1 Å². The number of benzene rings is 2. The number of carbonyl (C=O) groups is 1. The van der Waals surface area contributed by atoms with Crippen LogP contribution in [0.1, 0.15) is 41.3 Å². The van der Waals surface area contributed by atoms with E-state index in [-0.39, 0.29) is 24.3 Å². The second-order valence-electron chi connectivity index (χ2n) is 7.37. The van der Waals surface area contributed by atoms with E-state index in [1.165, 1.54) is 10.6 Å². The Balaban J connectivity index is 2.06. The average molecular weight is 480 g/mol. The smallest absolute Gasteiger partial charge is 0.348 e. The number of hydrogen-bond acceptors (Lipinski definition) is 3. The molecule has 0 radical (unpaired) electrons. The molecule has 3 rings (SSSR count). The summed E-state index contributed by atoms with van der Waals surface area (Å²) in [6.45, 7) is 2.19. The van der Waals surface area contributed by atoms with Gasteiger partial charge in [0.2, 0.25) is 0 Å². The standard InChI is InChI=1S/C23H21ClF3N3O3/c1-2-3-11-29-14-19(20(31)28-13-15-7-9-17(24)10-8-15)21(32)30(22(29)33)18-6-4-5-16(12-18)23(25,26)27/h4-10,12,14H,2-3,11,13H2,1H3,(H,28,31). The predicted molar refractivity (Wildman–Crippen MR) is 119 cm³/mol. The third-order valence-corrected chi connectivity index (χ3v) is 5.20. The van der Waals surface area contributed by atoms with Crippen molar-refractivity contribution in [1.29, 1.82) is 0 Å². The Bertz CT molecular complexity index is 1260. The first-order chi connectivity index (χ1) is 15.6. The van der Waals surface area contributed by atoms with Crippen LogP contribution in [0.4, 0.5) is 13.2 Å². The van der Waals surface area contributed by atoms with E-state index >= 15 is 0 Å². The van der Waals surface area contributed by atoms with Crippen LogP contribution in [-0.2, 0) is 19.3 Å². The number of nitrogens with zero attached hydrogens (tertiary/aromatic N) is 2. The minimum atomic E-state index is -4.66. The van der Waals surface area contributed by atoms with Gasteiger partial charge in [-0.25, -0.2) is 9.36 Å². The fourth-order valence-corrected chi connectivity index (χ4v) is 3.30. The molecule has 0 saturated heterocycles. The first-order valence-electron chi connectivity index (χ1n) is 10.2. The molecule has 0 aliphatic heterocycles. The molecular weight excluding hydrogens is 459 g/mol. The normalized spacial score (nSPS) is 11.4. The van der Waals surface area contributed by atoms with E-state index in [9.17, 15) is 27.6 Å². The molecule has 10 heteroatoms. The first kappa shape index (κ1) is 24.3. The van der Waals surface area contributed by atoms with E-state index in [1.54, 1.807) is 24.3 Å². The molecule has 0 aliphatic rings. The van der Waals surface area contributed by atoms with Crippen molar-refractivity contribution in [3.8, 4) is 5.69 Å². The SMILES string of the molecule is CCCCn1cc(C(=O)NCc2ccc(Cl)cc2)c(=O)n(-c2cccc(C(F)(F)F)c2)c1=O. The molecule has 6 nitrogen and oxygen atoms in total. The minimum absolute atomic E-state index is 0.0904. The number of aryl methyl sites for hydroxylation is 1. The van der Waals surface area contributed by atoms with Crippen molar-refractivity contribution in [2.24, 2.45) is 0 Å². The number of alkyl halides is 3. The predicted octanol–water partition coefficient (Wildman–Crippen LogP) is 4.40. The van der Waals surface area contributed by atoms with Gasteiger partial charge < -0.3 is 5.32 Å². The maximum atomic E-state index is 13.2. The van der Waals surface area contributed by atoms with Gasteiger partial charge in [0.1, 0.15) is 5.56 Å². The third kappa shape index (κ3) is 5.73. The molecule has 174 valence electrons. The highest BCUT2D eigenvalue weighted by molar-refractivity contribution is 6.30. The lowest BCUT2D eigenvalue weighted by Gasteiger charge is -2.14. The lowest BCUT2D eigenvalue weighted by Crippen LogP contribution is -2.43. The average Bonchev–Trinajstić information content (AvgIpc) is 2.78. The Kier molecular flexibility index (Phi) is 7.43. The highest BCUT2D eigenvalue weighted by Gasteiger charge is 2.31. The van der Waals surface area contributed by atoms with Crippen molar-refractivity contribution < 1.29 is 18.0 Å². The fraction of sp³-hybridized carbons (Fsp3) is 0.261. The molecular formula is C23H21ClF3N3O3.